The van der Waals surface area contributed by atoms with Crippen molar-refractivity contribution >= 4 is 28.2 Å². The minimum Gasteiger partial charge on any atom is -0.490 e. The number of hydrogen-bond acceptors (Lipinski definition) is 6. The van der Waals surface area contributed by atoms with Gasteiger partial charge >= 0.3 is 0 Å². The van der Waals surface area contributed by atoms with Crippen LogP contribution in [0.25, 0.3) is 0 Å². The molecule has 2 heterocycles. The van der Waals surface area contributed by atoms with E-state index in [1.165, 1.54) is 11.3 Å². The van der Waals surface area contributed by atoms with Crippen molar-refractivity contribution < 1.29 is 19.1 Å². The Morgan fingerprint density at radius 1 is 1.16 bits per heavy atom. The number of benzene rings is 1. The number of anilines is 1. The molecule has 2 aromatic rings. The highest BCUT2D eigenvalue weighted by molar-refractivity contribution is 7.15. The van der Waals surface area contributed by atoms with Crippen molar-refractivity contribution in [1.82, 2.24) is 4.98 Å². The number of amides is 1. The van der Waals surface area contributed by atoms with Crippen LogP contribution in [0.3, 0.4) is 0 Å². The molecule has 1 aliphatic heterocycles. The molecule has 1 amide bonds. The summed E-state index contributed by atoms with van der Waals surface area (Å²) in [5.74, 6) is 0.927. The first-order chi connectivity index (χ1) is 12.0. The van der Waals surface area contributed by atoms with E-state index in [4.69, 9.17) is 9.47 Å². The maximum atomic E-state index is 12.3. The Hall–Kier alpha value is -2.41. The van der Waals surface area contributed by atoms with Crippen molar-refractivity contribution in [3.05, 3.63) is 34.3 Å². The fourth-order valence-electron chi connectivity index (χ4n) is 2.42. The van der Waals surface area contributed by atoms with Gasteiger partial charge in [0.1, 0.15) is 0 Å². The van der Waals surface area contributed by atoms with Crippen molar-refractivity contribution in [2.24, 2.45) is 0 Å². The van der Waals surface area contributed by atoms with Gasteiger partial charge in [-0.05, 0) is 32.0 Å². The van der Waals surface area contributed by atoms with Crippen molar-refractivity contribution in [3.63, 3.8) is 0 Å². The van der Waals surface area contributed by atoms with Gasteiger partial charge in [-0.2, -0.15) is 0 Å². The maximum absolute atomic E-state index is 12.3. The zero-order valence-electron chi connectivity index (χ0n) is 14.3. The van der Waals surface area contributed by atoms with Crippen LogP contribution in [0.1, 0.15) is 40.2 Å². The average molecular weight is 360 g/mol. The van der Waals surface area contributed by atoms with Gasteiger partial charge in [-0.25, -0.2) is 4.98 Å². The number of carbonyl (C=O) groups excluding carboxylic acids is 2. The number of ketones is 1. The third kappa shape index (κ3) is 4.36. The number of rotatable bonds is 5. The second-order valence-electron chi connectivity index (χ2n) is 5.84. The summed E-state index contributed by atoms with van der Waals surface area (Å²) < 4.78 is 11.1. The molecule has 0 aliphatic carbocycles. The second kappa shape index (κ2) is 7.65. The average Bonchev–Trinajstić information content (AvgIpc) is 2.78. The summed E-state index contributed by atoms with van der Waals surface area (Å²) in [6, 6.07) is 5.14. The Morgan fingerprint density at radius 2 is 1.92 bits per heavy atom. The third-order valence-electron chi connectivity index (χ3n) is 3.92. The lowest BCUT2D eigenvalue weighted by Crippen LogP contribution is -2.13. The predicted octanol–water partition coefficient (Wildman–Crippen LogP) is 3.52. The van der Waals surface area contributed by atoms with Gasteiger partial charge in [-0.15, -0.1) is 11.3 Å². The number of thiazole rings is 1. The number of nitrogens with zero attached hydrogens (tertiary/aromatic N) is 1. The Bertz CT molecular complexity index is 781. The highest BCUT2D eigenvalue weighted by Crippen LogP contribution is 2.31. The number of carbonyl (C=O) groups is 2. The summed E-state index contributed by atoms with van der Waals surface area (Å²) in [4.78, 5) is 29.7. The zero-order valence-corrected chi connectivity index (χ0v) is 15.1. The second-order valence-corrected chi connectivity index (χ2v) is 7.05. The minimum absolute atomic E-state index is 0.0997. The summed E-state index contributed by atoms with van der Waals surface area (Å²) >= 11 is 1.43. The van der Waals surface area contributed by atoms with Gasteiger partial charge in [0.15, 0.2) is 22.4 Å². The van der Waals surface area contributed by atoms with E-state index in [-0.39, 0.29) is 24.5 Å². The van der Waals surface area contributed by atoms with Gasteiger partial charge in [0.05, 0.1) is 18.9 Å². The lowest BCUT2D eigenvalue weighted by Gasteiger charge is -2.08. The number of hydrogen-bond donors (Lipinski definition) is 1. The van der Waals surface area contributed by atoms with Crippen molar-refractivity contribution in [3.8, 4) is 11.5 Å². The van der Waals surface area contributed by atoms with E-state index in [2.05, 4.69) is 10.3 Å². The van der Waals surface area contributed by atoms with Crippen LogP contribution in [0.4, 0.5) is 5.13 Å². The van der Waals surface area contributed by atoms with Crippen LogP contribution in [-0.4, -0.2) is 29.9 Å². The minimum atomic E-state index is -0.212. The van der Waals surface area contributed by atoms with Crippen LogP contribution < -0.4 is 14.8 Å². The molecular weight excluding hydrogens is 340 g/mol. The van der Waals surface area contributed by atoms with Crippen LogP contribution in [0, 0.1) is 13.8 Å². The van der Waals surface area contributed by atoms with E-state index in [9.17, 15) is 9.59 Å². The van der Waals surface area contributed by atoms with E-state index in [1.54, 1.807) is 18.2 Å². The smallest absolute Gasteiger partial charge is 0.226 e. The molecular formula is C18H20N2O4S. The monoisotopic (exact) mass is 360 g/mol. The zero-order chi connectivity index (χ0) is 17.8. The molecule has 0 saturated carbocycles. The molecule has 0 spiro atoms. The Balaban J connectivity index is 1.57. The molecule has 1 aliphatic rings. The summed E-state index contributed by atoms with van der Waals surface area (Å²) in [5, 5.41) is 3.31. The lowest BCUT2D eigenvalue weighted by atomic mass is 10.1. The Kier molecular flexibility index (Phi) is 5.33. The van der Waals surface area contributed by atoms with Crippen LogP contribution in [0.15, 0.2) is 18.2 Å². The molecule has 1 aromatic carbocycles. The molecule has 7 heteroatoms. The van der Waals surface area contributed by atoms with E-state index in [1.807, 2.05) is 13.8 Å². The molecule has 0 unspecified atom stereocenters. The molecule has 1 aromatic heterocycles. The molecule has 0 fully saturated rings. The molecule has 132 valence electrons. The number of ether oxygens (including phenoxy) is 2. The molecule has 0 atom stereocenters. The van der Waals surface area contributed by atoms with Gasteiger partial charge in [0, 0.05) is 29.7 Å². The van der Waals surface area contributed by atoms with Crippen molar-refractivity contribution in [2.75, 3.05) is 18.5 Å². The number of Topliss-reactive ketones (excluding diaryl/α,β-unsaturated/α-hetero) is 1. The first-order valence-corrected chi connectivity index (χ1v) is 9.01. The Morgan fingerprint density at radius 3 is 2.64 bits per heavy atom. The number of nitrogens with one attached hydrogen (secondary N) is 1. The van der Waals surface area contributed by atoms with Crippen molar-refractivity contribution in [1.29, 1.82) is 0 Å². The molecule has 1 N–H and O–H groups in total. The number of aromatic nitrogens is 1. The quantitative estimate of drug-likeness (QED) is 0.826. The van der Waals surface area contributed by atoms with E-state index in [0.29, 0.717) is 35.4 Å². The largest absolute Gasteiger partial charge is 0.490 e. The summed E-state index contributed by atoms with van der Waals surface area (Å²) in [7, 11) is 0. The maximum Gasteiger partial charge on any atom is 0.226 e. The lowest BCUT2D eigenvalue weighted by molar-refractivity contribution is -0.116. The van der Waals surface area contributed by atoms with Gasteiger partial charge in [0.2, 0.25) is 5.91 Å². The highest BCUT2D eigenvalue weighted by atomic mass is 32.1. The molecule has 0 saturated heterocycles. The number of fused-ring (bicyclic) bond motifs is 1. The topological polar surface area (TPSA) is 77.5 Å². The van der Waals surface area contributed by atoms with Crippen LogP contribution >= 0.6 is 11.3 Å². The SMILES string of the molecule is Cc1nc(NC(=O)CCC(=O)c2ccc3c(c2)OCCCO3)sc1C. The predicted molar refractivity (Wildman–Crippen MR) is 95.8 cm³/mol. The highest BCUT2D eigenvalue weighted by Gasteiger charge is 2.16. The summed E-state index contributed by atoms with van der Waals surface area (Å²) in [6.45, 7) is 5.03. The Labute approximate surface area is 150 Å². The van der Waals surface area contributed by atoms with E-state index in [0.717, 1.165) is 17.0 Å². The fourth-order valence-corrected chi connectivity index (χ4v) is 3.25. The standard InChI is InChI=1S/C18H20N2O4S/c1-11-12(2)25-18(19-11)20-17(22)7-5-14(21)13-4-6-15-16(10-13)24-9-3-8-23-15/h4,6,10H,3,5,7-9H2,1-2H3,(H,19,20,22). The van der Waals surface area contributed by atoms with E-state index < -0.39 is 0 Å². The number of aryl methyl sites for hydroxylation is 2. The first kappa shape index (κ1) is 17.4. The van der Waals surface area contributed by atoms with Gasteiger partial charge in [0.25, 0.3) is 0 Å². The molecule has 25 heavy (non-hydrogen) atoms. The van der Waals surface area contributed by atoms with Gasteiger partial charge in [-0.3, -0.25) is 9.59 Å². The molecule has 0 radical (unpaired) electrons. The molecule has 0 bridgehead atoms. The third-order valence-corrected chi connectivity index (χ3v) is 4.91. The summed E-state index contributed by atoms with van der Waals surface area (Å²) in [5.41, 5.74) is 1.43. The fraction of sp³-hybridized carbons (Fsp3) is 0.389. The first-order valence-electron chi connectivity index (χ1n) is 8.19. The van der Waals surface area contributed by atoms with Crippen LogP contribution in [-0.2, 0) is 4.79 Å². The van der Waals surface area contributed by atoms with Gasteiger partial charge < -0.3 is 14.8 Å². The van der Waals surface area contributed by atoms with Crippen molar-refractivity contribution in [2.45, 2.75) is 33.1 Å². The van der Waals surface area contributed by atoms with Gasteiger partial charge in [-0.1, -0.05) is 0 Å². The van der Waals surface area contributed by atoms with E-state index >= 15 is 0 Å². The van der Waals surface area contributed by atoms with Crippen LogP contribution in [0.5, 0.6) is 11.5 Å². The molecule has 3 rings (SSSR count). The molecule has 6 nitrogen and oxygen atoms in total. The van der Waals surface area contributed by atoms with Crippen LogP contribution in [0.2, 0.25) is 0 Å². The normalized spacial score (nSPS) is 13.2. The summed E-state index contributed by atoms with van der Waals surface area (Å²) in [6.07, 6.45) is 1.06.